The minimum Gasteiger partial charge on any atom is -0.454 e. The van der Waals surface area contributed by atoms with Gasteiger partial charge in [0.05, 0.1) is 18.6 Å². The molecule has 206 valence electrons. The van der Waals surface area contributed by atoms with Crippen LogP contribution in [0.3, 0.4) is 0 Å². The minimum atomic E-state index is -2.01. The molecule has 9 atom stereocenters. The molecule has 5 aliphatic rings. The van der Waals surface area contributed by atoms with Crippen molar-refractivity contribution in [2.75, 3.05) is 6.61 Å². The summed E-state index contributed by atoms with van der Waals surface area (Å²) in [6, 6.07) is 0. The Morgan fingerprint density at radius 2 is 1.76 bits per heavy atom. The van der Waals surface area contributed by atoms with E-state index in [0.717, 1.165) is 11.1 Å². The third-order valence-corrected chi connectivity index (χ3v) is 11.4. The molecule has 8 nitrogen and oxygen atoms in total. The van der Waals surface area contributed by atoms with E-state index >= 15 is 0 Å². The average Bonchev–Trinajstić information content (AvgIpc) is 3.07. The van der Waals surface area contributed by atoms with Crippen molar-refractivity contribution in [2.45, 2.75) is 110 Å². The maximum absolute atomic E-state index is 14.7. The fraction of sp³-hybridized carbons (Fsp3) is 0.821. The standard InChI is InChI=1S/C28H42O8Si/c1-14-11-19-27(13-32-19,34-17(4)29)21-23-28(35-24(31)33-23)12-18(36-37(8,9)10)15(2)20(25(28,5)6)16(3)22(30)26(14,21)7/h14,16,18-19,21,23H,11-13H2,1-10H3/t14-,16+,18-,19+,21-,23-,26+,27-,28+/m0/s1. The van der Waals surface area contributed by atoms with E-state index < -0.39 is 60.4 Å². The molecule has 0 aromatic heterocycles. The predicted molar refractivity (Wildman–Crippen MR) is 137 cm³/mol. The lowest BCUT2D eigenvalue weighted by atomic mass is 9.42. The van der Waals surface area contributed by atoms with Gasteiger partial charge in [-0.05, 0) is 50.0 Å². The van der Waals surface area contributed by atoms with Crippen LogP contribution in [0.5, 0.6) is 0 Å². The van der Waals surface area contributed by atoms with E-state index in [2.05, 4.69) is 47.3 Å². The van der Waals surface area contributed by atoms with Gasteiger partial charge < -0.3 is 23.4 Å². The van der Waals surface area contributed by atoms with Crippen LogP contribution in [-0.4, -0.2) is 62.3 Å². The second-order valence-electron chi connectivity index (χ2n) is 13.8. The SMILES string of the molecule is CC(=O)O[C@@]12CO[C@@H]1C[C@H](C)[C@@]1(C)C(=O)[C@H](C)C3=C(C)[C@@H](O[Si](C)(C)C)C[C@]4(OC(=O)O[C@H]4[C@H]21)C3(C)C. The topological polar surface area (TPSA) is 97.4 Å². The number of ether oxygens (including phenoxy) is 4. The summed E-state index contributed by atoms with van der Waals surface area (Å²) in [7, 11) is -2.01. The zero-order chi connectivity index (χ0) is 27.5. The van der Waals surface area contributed by atoms with Gasteiger partial charge >= 0.3 is 12.1 Å². The van der Waals surface area contributed by atoms with Gasteiger partial charge in [0.15, 0.2) is 25.6 Å². The van der Waals surface area contributed by atoms with Gasteiger partial charge in [-0.2, -0.15) is 0 Å². The molecule has 37 heavy (non-hydrogen) atoms. The smallest absolute Gasteiger partial charge is 0.454 e. The Kier molecular flexibility index (Phi) is 5.75. The van der Waals surface area contributed by atoms with E-state index in [1.165, 1.54) is 6.92 Å². The Labute approximate surface area is 220 Å². The quantitative estimate of drug-likeness (QED) is 0.289. The first kappa shape index (κ1) is 26.9. The fourth-order valence-electron chi connectivity index (χ4n) is 8.72. The van der Waals surface area contributed by atoms with E-state index in [1.54, 1.807) is 0 Å². The molecule has 0 unspecified atom stereocenters. The van der Waals surface area contributed by atoms with Crippen molar-refractivity contribution in [3.8, 4) is 0 Å². The number of rotatable bonds is 3. The summed E-state index contributed by atoms with van der Waals surface area (Å²) in [4.78, 5) is 40.3. The molecule has 2 aliphatic heterocycles. The van der Waals surface area contributed by atoms with Crippen LogP contribution in [0, 0.1) is 28.6 Å². The predicted octanol–water partition coefficient (Wildman–Crippen LogP) is 4.81. The van der Waals surface area contributed by atoms with Gasteiger partial charge in [-0.3, -0.25) is 9.59 Å². The molecule has 2 saturated heterocycles. The highest BCUT2D eigenvalue weighted by Crippen LogP contribution is 2.68. The molecular formula is C28H42O8Si. The molecule has 2 heterocycles. The Balaban J connectivity index is 1.81. The van der Waals surface area contributed by atoms with Crippen LogP contribution in [0.4, 0.5) is 4.79 Å². The summed E-state index contributed by atoms with van der Waals surface area (Å²) in [5.41, 5.74) is -1.82. The first-order valence-corrected chi connectivity index (χ1v) is 17.0. The number of fused-ring (bicyclic) bond motifs is 5. The Bertz CT molecular complexity index is 1090. The average molecular weight is 535 g/mol. The Morgan fingerprint density at radius 3 is 2.30 bits per heavy atom. The van der Waals surface area contributed by atoms with Crippen molar-refractivity contribution >= 4 is 26.2 Å². The second kappa shape index (κ2) is 7.91. The third kappa shape index (κ3) is 3.35. The first-order chi connectivity index (χ1) is 16.9. The third-order valence-electron chi connectivity index (χ3n) is 10.4. The summed E-state index contributed by atoms with van der Waals surface area (Å²) in [5.74, 6) is -1.52. The molecule has 4 fully saturated rings. The number of hydrogen-bond acceptors (Lipinski definition) is 8. The molecule has 3 aliphatic carbocycles. The highest BCUT2D eigenvalue weighted by Gasteiger charge is 2.79. The summed E-state index contributed by atoms with van der Waals surface area (Å²) in [6.45, 7) is 20.1. The molecule has 9 heteroatoms. The lowest BCUT2D eigenvalue weighted by Crippen LogP contribution is -2.79. The van der Waals surface area contributed by atoms with Gasteiger partial charge in [0.25, 0.3) is 0 Å². The van der Waals surface area contributed by atoms with E-state index in [0.29, 0.717) is 12.8 Å². The van der Waals surface area contributed by atoms with E-state index in [9.17, 15) is 14.4 Å². The van der Waals surface area contributed by atoms with Crippen molar-refractivity contribution in [1.82, 2.24) is 0 Å². The van der Waals surface area contributed by atoms with Crippen LogP contribution < -0.4 is 0 Å². The molecule has 0 aromatic carbocycles. The summed E-state index contributed by atoms with van der Waals surface area (Å²) >= 11 is 0. The van der Waals surface area contributed by atoms with E-state index in [-0.39, 0.29) is 30.5 Å². The molecule has 0 aromatic rings. The number of hydrogen-bond donors (Lipinski definition) is 0. The monoisotopic (exact) mass is 534 g/mol. The molecule has 0 amide bonds. The fourth-order valence-corrected chi connectivity index (χ4v) is 9.83. The highest BCUT2D eigenvalue weighted by molar-refractivity contribution is 6.69. The molecule has 2 saturated carbocycles. The first-order valence-electron chi connectivity index (χ1n) is 13.6. The summed E-state index contributed by atoms with van der Waals surface area (Å²) < 4.78 is 31.2. The number of ketones is 1. The van der Waals surface area contributed by atoms with Gasteiger partial charge in [-0.15, -0.1) is 0 Å². The Hall–Kier alpha value is -1.71. The van der Waals surface area contributed by atoms with Crippen LogP contribution in [0.15, 0.2) is 11.1 Å². The Morgan fingerprint density at radius 1 is 1.11 bits per heavy atom. The summed E-state index contributed by atoms with van der Waals surface area (Å²) in [5, 5.41) is 0. The maximum atomic E-state index is 14.7. The number of carbonyl (C=O) groups is 3. The van der Waals surface area contributed by atoms with E-state index in [4.69, 9.17) is 23.4 Å². The van der Waals surface area contributed by atoms with Crippen LogP contribution in [0.2, 0.25) is 19.6 Å². The van der Waals surface area contributed by atoms with Crippen molar-refractivity contribution in [3.05, 3.63) is 11.1 Å². The highest BCUT2D eigenvalue weighted by atomic mass is 28.4. The van der Waals surface area contributed by atoms with Crippen molar-refractivity contribution in [2.24, 2.45) is 28.6 Å². The van der Waals surface area contributed by atoms with Gasteiger partial charge in [-0.1, -0.05) is 34.6 Å². The van der Waals surface area contributed by atoms with Crippen molar-refractivity contribution in [3.63, 3.8) is 0 Å². The van der Waals surface area contributed by atoms with Crippen LogP contribution in [0.1, 0.15) is 61.3 Å². The lowest BCUT2D eigenvalue weighted by molar-refractivity contribution is -0.330. The molecule has 2 bridgehead atoms. The number of Topliss-reactive ketones (excluding diaryl/α,β-unsaturated/α-hetero) is 1. The molecule has 5 rings (SSSR count). The number of carbonyl (C=O) groups excluding carboxylic acids is 3. The van der Waals surface area contributed by atoms with Crippen LogP contribution in [-0.2, 0) is 33.0 Å². The molecule has 1 spiro atoms. The van der Waals surface area contributed by atoms with E-state index in [1.807, 2.05) is 13.8 Å². The van der Waals surface area contributed by atoms with Crippen molar-refractivity contribution < 1.29 is 37.8 Å². The van der Waals surface area contributed by atoms with Gasteiger partial charge in [0.2, 0.25) is 0 Å². The zero-order valence-electron chi connectivity index (χ0n) is 23.9. The van der Waals surface area contributed by atoms with Gasteiger partial charge in [0, 0.05) is 30.1 Å². The summed E-state index contributed by atoms with van der Waals surface area (Å²) in [6.07, 6.45) is -1.26. The molecular weight excluding hydrogens is 492 g/mol. The van der Waals surface area contributed by atoms with Crippen molar-refractivity contribution in [1.29, 1.82) is 0 Å². The van der Waals surface area contributed by atoms with Crippen LogP contribution in [0.25, 0.3) is 0 Å². The maximum Gasteiger partial charge on any atom is 0.509 e. The lowest BCUT2D eigenvalue weighted by Gasteiger charge is -2.67. The van der Waals surface area contributed by atoms with Gasteiger partial charge in [-0.25, -0.2) is 4.79 Å². The minimum absolute atomic E-state index is 0.0782. The zero-order valence-corrected chi connectivity index (χ0v) is 24.9. The molecule has 0 radical (unpaired) electrons. The van der Waals surface area contributed by atoms with Gasteiger partial charge in [0.1, 0.15) is 11.9 Å². The second-order valence-corrected chi connectivity index (χ2v) is 18.2. The largest absolute Gasteiger partial charge is 0.509 e. The normalized spacial score (nSPS) is 46.3. The van der Waals surface area contributed by atoms with Crippen LogP contribution >= 0.6 is 0 Å². The number of esters is 1. The molecule has 0 N–H and O–H groups in total.